The molecule has 0 saturated carbocycles. The number of benzene rings is 1. The van der Waals surface area contributed by atoms with Crippen molar-refractivity contribution in [1.82, 2.24) is 0 Å². The molecular formula is C14H15NOS. The molecule has 1 aromatic carbocycles. The van der Waals surface area contributed by atoms with Gasteiger partial charge in [-0.3, -0.25) is 4.79 Å². The summed E-state index contributed by atoms with van der Waals surface area (Å²) in [5.74, 6) is 0.429. The Hall–Kier alpha value is -1.61. The first-order valence-electron chi connectivity index (χ1n) is 5.57. The van der Waals surface area contributed by atoms with Crippen molar-refractivity contribution in [3.8, 4) is 0 Å². The third-order valence-corrected chi connectivity index (χ3v) is 3.52. The van der Waals surface area contributed by atoms with Gasteiger partial charge in [-0.05, 0) is 35.1 Å². The fourth-order valence-electron chi connectivity index (χ4n) is 1.76. The van der Waals surface area contributed by atoms with Crippen molar-refractivity contribution in [3.63, 3.8) is 0 Å². The van der Waals surface area contributed by atoms with E-state index < -0.39 is 0 Å². The molecule has 2 nitrogen and oxygen atoms in total. The van der Waals surface area contributed by atoms with Crippen LogP contribution < -0.4 is 5.73 Å². The minimum absolute atomic E-state index is 0.204. The van der Waals surface area contributed by atoms with Gasteiger partial charge in [-0.15, -0.1) is 0 Å². The van der Waals surface area contributed by atoms with E-state index in [2.05, 4.69) is 6.92 Å². The van der Waals surface area contributed by atoms with Crippen LogP contribution in [0.5, 0.6) is 0 Å². The number of nitrogens with two attached hydrogens (primary N) is 1. The second kappa shape index (κ2) is 5.15. The lowest BCUT2D eigenvalue weighted by molar-refractivity contribution is 0.0976. The molecule has 0 aliphatic heterocycles. The van der Waals surface area contributed by atoms with Crippen LogP contribution in [0.15, 0.2) is 41.1 Å². The van der Waals surface area contributed by atoms with Crippen molar-refractivity contribution in [2.24, 2.45) is 0 Å². The quantitative estimate of drug-likeness (QED) is 0.659. The summed E-state index contributed by atoms with van der Waals surface area (Å²) >= 11 is 1.56. The highest BCUT2D eigenvalue weighted by Gasteiger charge is 2.13. The van der Waals surface area contributed by atoms with Crippen LogP contribution in [0.3, 0.4) is 0 Å². The lowest BCUT2D eigenvalue weighted by Gasteiger charge is -2.10. The predicted octanol–water partition coefficient (Wildman–Crippen LogP) is 3.71. The molecule has 1 atom stereocenters. The first kappa shape index (κ1) is 11.9. The average molecular weight is 245 g/mol. The lowest BCUT2D eigenvalue weighted by Crippen LogP contribution is -2.04. The summed E-state index contributed by atoms with van der Waals surface area (Å²) in [5.41, 5.74) is 8.37. The number of rotatable bonds is 4. The third-order valence-electron chi connectivity index (χ3n) is 2.84. The van der Waals surface area contributed by atoms with Gasteiger partial charge in [0.15, 0.2) is 5.78 Å². The summed E-state index contributed by atoms with van der Waals surface area (Å²) < 4.78 is 0. The van der Waals surface area contributed by atoms with Gasteiger partial charge >= 0.3 is 0 Å². The number of anilines is 1. The first-order valence-corrected chi connectivity index (χ1v) is 6.52. The zero-order valence-corrected chi connectivity index (χ0v) is 10.5. The van der Waals surface area contributed by atoms with Crippen molar-refractivity contribution >= 4 is 22.8 Å². The van der Waals surface area contributed by atoms with Crippen LogP contribution in [0, 0.1) is 0 Å². The maximum atomic E-state index is 11.9. The largest absolute Gasteiger partial charge is 0.399 e. The molecule has 0 fully saturated rings. The average Bonchev–Trinajstić information content (AvgIpc) is 2.83. The van der Waals surface area contributed by atoms with Crippen LogP contribution in [0.2, 0.25) is 0 Å². The molecule has 88 valence electrons. The SMILES string of the molecule is CC(CC(=O)c1ccsc1)c1ccc(N)cc1. The lowest BCUT2D eigenvalue weighted by atomic mass is 9.94. The van der Waals surface area contributed by atoms with E-state index in [0.717, 1.165) is 16.8 Å². The maximum Gasteiger partial charge on any atom is 0.164 e. The van der Waals surface area contributed by atoms with Gasteiger partial charge in [0.05, 0.1) is 0 Å². The van der Waals surface area contributed by atoms with Crippen LogP contribution in [0.25, 0.3) is 0 Å². The minimum atomic E-state index is 0.204. The molecule has 1 aromatic heterocycles. The molecule has 2 N–H and O–H groups in total. The van der Waals surface area contributed by atoms with Gasteiger partial charge in [0.1, 0.15) is 0 Å². The molecule has 0 bridgehead atoms. The van der Waals surface area contributed by atoms with Gasteiger partial charge in [0.2, 0.25) is 0 Å². The standard InChI is InChI=1S/C14H15NOS/c1-10(11-2-4-13(15)5-3-11)8-14(16)12-6-7-17-9-12/h2-7,9-10H,8,15H2,1H3. The van der Waals surface area contributed by atoms with Gasteiger partial charge in [-0.2, -0.15) is 11.3 Å². The fourth-order valence-corrected chi connectivity index (χ4v) is 2.42. The smallest absolute Gasteiger partial charge is 0.164 e. The fraction of sp³-hybridized carbons (Fsp3) is 0.214. The molecule has 0 radical (unpaired) electrons. The number of ketones is 1. The number of nitrogen functional groups attached to an aromatic ring is 1. The molecule has 2 rings (SSSR count). The zero-order chi connectivity index (χ0) is 12.3. The summed E-state index contributed by atoms with van der Waals surface area (Å²) in [6.45, 7) is 2.07. The topological polar surface area (TPSA) is 43.1 Å². The molecule has 0 amide bonds. The van der Waals surface area contributed by atoms with Gasteiger partial charge < -0.3 is 5.73 Å². The van der Waals surface area contributed by atoms with Gasteiger partial charge in [-0.25, -0.2) is 0 Å². The molecule has 0 saturated heterocycles. The monoisotopic (exact) mass is 245 g/mol. The van der Waals surface area contributed by atoms with E-state index in [1.54, 1.807) is 11.3 Å². The first-order chi connectivity index (χ1) is 8.16. The van der Waals surface area contributed by atoms with Crippen molar-refractivity contribution in [2.75, 3.05) is 5.73 Å². The van der Waals surface area contributed by atoms with E-state index >= 15 is 0 Å². The number of carbonyl (C=O) groups is 1. The Kier molecular flexibility index (Phi) is 3.59. The van der Waals surface area contributed by atoms with E-state index in [1.165, 1.54) is 0 Å². The Morgan fingerprint density at radius 1 is 1.29 bits per heavy atom. The number of thiophene rings is 1. The van der Waals surface area contributed by atoms with Crippen LogP contribution in [0.1, 0.15) is 35.2 Å². The van der Waals surface area contributed by atoms with Gasteiger partial charge in [-0.1, -0.05) is 19.1 Å². The highest BCUT2D eigenvalue weighted by Crippen LogP contribution is 2.22. The normalized spacial score (nSPS) is 12.3. The summed E-state index contributed by atoms with van der Waals surface area (Å²) in [6, 6.07) is 9.60. The molecule has 0 spiro atoms. The van der Waals surface area contributed by atoms with Crippen LogP contribution >= 0.6 is 11.3 Å². The summed E-state index contributed by atoms with van der Waals surface area (Å²) in [6.07, 6.45) is 0.542. The van der Waals surface area contributed by atoms with E-state index in [9.17, 15) is 4.79 Å². The predicted molar refractivity (Wildman–Crippen MR) is 72.5 cm³/mol. The van der Waals surface area contributed by atoms with Gasteiger partial charge in [0, 0.05) is 23.1 Å². The zero-order valence-electron chi connectivity index (χ0n) is 9.72. The summed E-state index contributed by atoms with van der Waals surface area (Å²) in [4.78, 5) is 11.9. The van der Waals surface area contributed by atoms with Crippen molar-refractivity contribution < 1.29 is 4.79 Å². The van der Waals surface area contributed by atoms with Crippen molar-refractivity contribution in [2.45, 2.75) is 19.3 Å². The Morgan fingerprint density at radius 2 is 2.00 bits per heavy atom. The third kappa shape index (κ3) is 2.94. The number of hydrogen-bond acceptors (Lipinski definition) is 3. The Bertz CT molecular complexity index is 487. The Balaban J connectivity index is 2.04. The summed E-state index contributed by atoms with van der Waals surface area (Å²) in [5, 5.41) is 3.83. The molecular weight excluding hydrogens is 230 g/mol. The van der Waals surface area contributed by atoms with Crippen molar-refractivity contribution in [3.05, 3.63) is 52.2 Å². The van der Waals surface area contributed by atoms with E-state index in [4.69, 9.17) is 5.73 Å². The molecule has 0 aliphatic carbocycles. The Morgan fingerprint density at radius 3 is 2.59 bits per heavy atom. The summed E-state index contributed by atoms with van der Waals surface area (Å²) in [7, 11) is 0. The second-order valence-corrected chi connectivity index (χ2v) is 4.99. The molecule has 2 aromatic rings. The molecule has 0 aliphatic rings. The van der Waals surface area contributed by atoms with Crippen LogP contribution in [0.4, 0.5) is 5.69 Å². The van der Waals surface area contributed by atoms with E-state index in [-0.39, 0.29) is 11.7 Å². The molecule has 17 heavy (non-hydrogen) atoms. The minimum Gasteiger partial charge on any atom is -0.399 e. The van der Waals surface area contributed by atoms with Crippen molar-refractivity contribution in [1.29, 1.82) is 0 Å². The van der Waals surface area contributed by atoms with E-state index in [1.807, 2.05) is 41.1 Å². The molecule has 1 heterocycles. The second-order valence-electron chi connectivity index (χ2n) is 4.21. The number of Topliss-reactive ketones (excluding diaryl/α,β-unsaturated/α-hetero) is 1. The maximum absolute atomic E-state index is 11.9. The highest BCUT2D eigenvalue weighted by molar-refractivity contribution is 7.08. The van der Waals surface area contributed by atoms with Gasteiger partial charge in [0.25, 0.3) is 0 Å². The van der Waals surface area contributed by atoms with E-state index in [0.29, 0.717) is 6.42 Å². The van der Waals surface area contributed by atoms with Crippen LogP contribution in [-0.2, 0) is 0 Å². The number of hydrogen-bond donors (Lipinski definition) is 1. The molecule has 3 heteroatoms. The molecule has 1 unspecified atom stereocenters. The van der Waals surface area contributed by atoms with Crippen LogP contribution in [-0.4, -0.2) is 5.78 Å². The number of carbonyl (C=O) groups excluding carboxylic acids is 1. The Labute approximate surface area is 105 Å². The highest BCUT2D eigenvalue weighted by atomic mass is 32.1.